The molecule has 1 unspecified atom stereocenters. The summed E-state index contributed by atoms with van der Waals surface area (Å²) in [6, 6.07) is 8.71. The third kappa shape index (κ3) is 4.37. The molecule has 0 spiro atoms. The fraction of sp³-hybridized carbons (Fsp3) is 0.650. The smallest absolute Gasteiger partial charge is 0.222 e. The van der Waals surface area contributed by atoms with Gasteiger partial charge in [-0.05, 0) is 37.3 Å². The monoisotopic (exact) mass is 330 g/mol. The molecule has 1 atom stereocenters. The van der Waals surface area contributed by atoms with Crippen LogP contribution in [-0.2, 0) is 11.2 Å². The number of aliphatic hydroxyl groups is 1. The van der Waals surface area contributed by atoms with E-state index in [1.165, 1.54) is 25.7 Å². The quantitative estimate of drug-likeness (QED) is 0.903. The van der Waals surface area contributed by atoms with E-state index in [1.54, 1.807) is 6.92 Å². The molecule has 1 aromatic carbocycles. The largest absolute Gasteiger partial charge is 0.389 e. The van der Waals surface area contributed by atoms with Gasteiger partial charge in [0.05, 0.1) is 6.10 Å². The first kappa shape index (κ1) is 17.4. The average molecular weight is 330 g/mol. The molecule has 3 rings (SSSR count). The van der Waals surface area contributed by atoms with Crippen LogP contribution in [-0.4, -0.2) is 53.0 Å². The van der Waals surface area contributed by atoms with Gasteiger partial charge in [0, 0.05) is 38.6 Å². The van der Waals surface area contributed by atoms with Gasteiger partial charge >= 0.3 is 0 Å². The molecular formula is C20H30N2O2. The molecule has 0 bridgehead atoms. The molecule has 4 heteroatoms. The number of carbonyl (C=O) groups excluding carboxylic acids is 1. The first-order chi connectivity index (χ1) is 11.6. The third-order valence-corrected chi connectivity index (χ3v) is 5.57. The van der Waals surface area contributed by atoms with Crippen LogP contribution in [0, 0.1) is 0 Å². The number of amides is 1. The van der Waals surface area contributed by atoms with Gasteiger partial charge in [0.25, 0.3) is 0 Å². The predicted octanol–water partition coefficient (Wildman–Crippen LogP) is 2.76. The Balaban J connectivity index is 1.45. The zero-order valence-electron chi connectivity index (χ0n) is 14.8. The minimum atomic E-state index is -0.454. The number of nitrogens with zero attached hydrogens (tertiary/aromatic N) is 2. The van der Waals surface area contributed by atoms with Crippen molar-refractivity contribution in [1.82, 2.24) is 9.80 Å². The highest BCUT2D eigenvalue weighted by atomic mass is 16.3. The Morgan fingerprint density at radius 1 is 1.21 bits per heavy atom. The summed E-state index contributed by atoms with van der Waals surface area (Å²) >= 11 is 0. The van der Waals surface area contributed by atoms with Crippen LogP contribution >= 0.6 is 0 Å². The maximum atomic E-state index is 12.5. The van der Waals surface area contributed by atoms with E-state index in [9.17, 15) is 9.90 Å². The second-order valence-electron chi connectivity index (χ2n) is 7.28. The van der Waals surface area contributed by atoms with E-state index in [0.717, 1.165) is 49.8 Å². The van der Waals surface area contributed by atoms with Gasteiger partial charge in [0.15, 0.2) is 0 Å². The Morgan fingerprint density at radius 2 is 1.92 bits per heavy atom. The number of carbonyl (C=O) groups is 1. The van der Waals surface area contributed by atoms with Gasteiger partial charge in [0.2, 0.25) is 5.91 Å². The second-order valence-corrected chi connectivity index (χ2v) is 7.28. The molecule has 1 aliphatic carbocycles. The van der Waals surface area contributed by atoms with E-state index >= 15 is 0 Å². The second kappa shape index (κ2) is 8.13. The summed E-state index contributed by atoms with van der Waals surface area (Å²) in [7, 11) is 0. The number of piperazine rings is 1. The maximum absolute atomic E-state index is 12.5. The number of hydrogen-bond acceptors (Lipinski definition) is 3. The van der Waals surface area contributed by atoms with E-state index < -0.39 is 6.10 Å². The van der Waals surface area contributed by atoms with Crippen molar-refractivity contribution in [3.8, 4) is 0 Å². The van der Waals surface area contributed by atoms with Crippen LogP contribution in [0.2, 0.25) is 0 Å². The molecule has 1 aromatic rings. The molecule has 1 N–H and O–H groups in total. The van der Waals surface area contributed by atoms with E-state index in [1.807, 2.05) is 29.2 Å². The molecule has 4 nitrogen and oxygen atoms in total. The zero-order valence-corrected chi connectivity index (χ0v) is 14.8. The molecule has 1 saturated carbocycles. The number of hydrogen-bond donors (Lipinski definition) is 1. The van der Waals surface area contributed by atoms with Crippen molar-refractivity contribution < 1.29 is 9.90 Å². The summed E-state index contributed by atoms with van der Waals surface area (Å²) in [6.45, 7) is 5.60. The molecular weight excluding hydrogens is 300 g/mol. The Bertz CT molecular complexity index is 544. The summed E-state index contributed by atoms with van der Waals surface area (Å²) in [5.74, 6) is 0.267. The molecule has 0 aromatic heterocycles. The van der Waals surface area contributed by atoms with Gasteiger partial charge in [-0.2, -0.15) is 0 Å². The van der Waals surface area contributed by atoms with Gasteiger partial charge in [-0.3, -0.25) is 9.69 Å². The van der Waals surface area contributed by atoms with Crippen molar-refractivity contribution in [3.63, 3.8) is 0 Å². The first-order valence-electron chi connectivity index (χ1n) is 9.42. The first-order valence-corrected chi connectivity index (χ1v) is 9.42. The molecule has 24 heavy (non-hydrogen) atoms. The maximum Gasteiger partial charge on any atom is 0.222 e. The standard InChI is InChI=1S/C20H30N2O2/c1-16(23)18-6-4-5-17(15-18)9-10-20(24)22-13-11-21(12-14-22)19-7-2-3-8-19/h4-6,15-16,19,23H,2-3,7-14H2,1H3. The molecule has 0 radical (unpaired) electrons. The Labute approximate surface area is 145 Å². The van der Waals surface area contributed by atoms with Crippen molar-refractivity contribution in [1.29, 1.82) is 0 Å². The van der Waals surface area contributed by atoms with Crippen molar-refractivity contribution in [2.75, 3.05) is 26.2 Å². The lowest BCUT2D eigenvalue weighted by atomic mass is 10.0. The van der Waals surface area contributed by atoms with Crippen molar-refractivity contribution in [2.24, 2.45) is 0 Å². The van der Waals surface area contributed by atoms with E-state index in [2.05, 4.69) is 4.90 Å². The van der Waals surface area contributed by atoms with Crippen LogP contribution in [0.25, 0.3) is 0 Å². The lowest BCUT2D eigenvalue weighted by molar-refractivity contribution is -0.133. The summed E-state index contributed by atoms with van der Waals surface area (Å²) < 4.78 is 0. The van der Waals surface area contributed by atoms with Gasteiger partial charge in [-0.1, -0.05) is 37.1 Å². The predicted molar refractivity (Wildman–Crippen MR) is 95.8 cm³/mol. The minimum Gasteiger partial charge on any atom is -0.389 e. The lowest BCUT2D eigenvalue weighted by Crippen LogP contribution is -2.51. The highest BCUT2D eigenvalue weighted by molar-refractivity contribution is 5.76. The van der Waals surface area contributed by atoms with Crippen LogP contribution in [0.4, 0.5) is 0 Å². The Morgan fingerprint density at radius 3 is 2.58 bits per heavy atom. The van der Waals surface area contributed by atoms with Gasteiger partial charge in [-0.25, -0.2) is 0 Å². The highest BCUT2D eigenvalue weighted by Gasteiger charge is 2.27. The molecule has 2 fully saturated rings. The average Bonchev–Trinajstić information content (AvgIpc) is 3.14. The van der Waals surface area contributed by atoms with Crippen LogP contribution in [0.3, 0.4) is 0 Å². The molecule has 2 aliphatic rings. The minimum absolute atomic E-state index is 0.267. The Hall–Kier alpha value is -1.39. The summed E-state index contributed by atoms with van der Waals surface area (Å²) in [6.07, 6.45) is 6.28. The van der Waals surface area contributed by atoms with Crippen LogP contribution in [0.5, 0.6) is 0 Å². The van der Waals surface area contributed by atoms with Crippen LogP contribution in [0.15, 0.2) is 24.3 Å². The lowest BCUT2D eigenvalue weighted by Gasteiger charge is -2.38. The van der Waals surface area contributed by atoms with E-state index in [-0.39, 0.29) is 5.91 Å². The normalized spacial score (nSPS) is 21.2. The number of aryl methyl sites for hydroxylation is 1. The summed E-state index contributed by atoms with van der Waals surface area (Å²) in [4.78, 5) is 17.1. The zero-order chi connectivity index (χ0) is 16.9. The van der Waals surface area contributed by atoms with Crippen molar-refractivity contribution in [3.05, 3.63) is 35.4 Å². The molecule has 132 valence electrons. The van der Waals surface area contributed by atoms with Gasteiger partial charge in [-0.15, -0.1) is 0 Å². The topological polar surface area (TPSA) is 43.8 Å². The molecule has 1 aliphatic heterocycles. The van der Waals surface area contributed by atoms with E-state index in [0.29, 0.717) is 6.42 Å². The van der Waals surface area contributed by atoms with Gasteiger partial charge in [0.1, 0.15) is 0 Å². The highest BCUT2D eigenvalue weighted by Crippen LogP contribution is 2.24. The Kier molecular flexibility index (Phi) is 5.90. The van der Waals surface area contributed by atoms with E-state index in [4.69, 9.17) is 0 Å². The third-order valence-electron chi connectivity index (χ3n) is 5.57. The number of benzene rings is 1. The molecule has 1 amide bonds. The number of rotatable bonds is 5. The molecule has 1 heterocycles. The molecule has 1 saturated heterocycles. The summed E-state index contributed by atoms with van der Waals surface area (Å²) in [5.41, 5.74) is 2.05. The van der Waals surface area contributed by atoms with Crippen molar-refractivity contribution in [2.45, 2.75) is 57.6 Å². The van der Waals surface area contributed by atoms with Gasteiger partial charge < -0.3 is 10.0 Å². The van der Waals surface area contributed by atoms with Crippen molar-refractivity contribution >= 4 is 5.91 Å². The van der Waals surface area contributed by atoms with Crippen LogP contribution < -0.4 is 0 Å². The fourth-order valence-corrected chi connectivity index (χ4v) is 4.02. The van der Waals surface area contributed by atoms with Crippen LogP contribution in [0.1, 0.15) is 56.3 Å². The summed E-state index contributed by atoms with van der Waals surface area (Å²) in [5, 5.41) is 9.66. The number of aliphatic hydroxyl groups excluding tert-OH is 1. The SMILES string of the molecule is CC(O)c1cccc(CCC(=O)N2CCN(C3CCCC3)CC2)c1. The fourth-order valence-electron chi connectivity index (χ4n) is 4.02.